The molecule has 0 fully saturated rings. The van der Waals surface area contributed by atoms with E-state index in [0.717, 1.165) is 42.4 Å². The number of hydrogen-bond acceptors (Lipinski definition) is 3. The van der Waals surface area contributed by atoms with E-state index >= 15 is 0 Å². The van der Waals surface area contributed by atoms with Crippen LogP contribution in [0.3, 0.4) is 0 Å². The molecule has 228 valence electrons. The Morgan fingerprint density at radius 3 is 2.33 bits per heavy atom. The smallest absolute Gasteiger partial charge is 0.510 e. The quantitative estimate of drug-likeness (QED) is 0.132. The molecule has 0 saturated heterocycles. The summed E-state index contributed by atoms with van der Waals surface area (Å²) < 4.78 is 2.45. The molecule has 0 N–H and O–H groups in total. The predicted octanol–water partition coefficient (Wildman–Crippen LogP) is 9.31. The van der Waals surface area contributed by atoms with E-state index in [1.54, 1.807) is 0 Å². The number of aryl methyl sites for hydroxylation is 4. The standard InChI is InChI=1S/C31H25N2.C10H10N2.Ir/c1-3-19-10-7-11-20(4-2)27(19)26-18-32-31-25-14-8-12-21-15-16-23-17-22-9-5-6-13-24(22)30(33(26)31)29(23)28(21)25;1-11-7-8-12(9-11)10-5-3-2-4-6-10;/h5-13,17-18H,3-4,15-16H2,1-2H3;2-5,7-9H,1H3;/q-1;-2;+3. The Kier molecular flexibility index (Phi) is 8.14. The number of pyridine rings is 1. The van der Waals surface area contributed by atoms with Crippen molar-refractivity contribution in [3.63, 3.8) is 0 Å². The first-order valence-corrected chi connectivity index (χ1v) is 15.9. The zero-order valence-corrected chi connectivity index (χ0v) is 28.7. The minimum atomic E-state index is 0. The molecule has 0 spiro atoms. The Balaban J connectivity index is 0.000000220. The van der Waals surface area contributed by atoms with E-state index in [9.17, 15) is 0 Å². The Labute approximate surface area is 284 Å². The molecule has 7 aromatic rings. The summed E-state index contributed by atoms with van der Waals surface area (Å²) in [6, 6.07) is 37.0. The Morgan fingerprint density at radius 1 is 0.804 bits per heavy atom. The summed E-state index contributed by atoms with van der Waals surface area (Å²) in [5.74, 6) is 0. The third-order valence-corrected chi connectivity index (χ3v) is 9.30. The monoisotopic (exact) mass is 776 g/mol. The van der Waals surface area contributed by atoms with Gasteiger partial charge >= 0.3 is 20.1 Å². The fraction of sp³-hybridized carbons (Fsp3) is 0.171. The van der Waals surface area contributed by atoms with Crippen LogP contribution in [0.1, 0.15) is 36.1 Å². The van der Waals surface area contributed by atoms with Gasteiger partial charge in [-0.25, -0.2) is 0 Å². The summed E-state index contributed by atoms with van der Waals surface area (Å²) in [5.41, 5.74) is 11.6. The fourth-order valence-electron chi connectivity index (χ4n) is 7.21. The summed E-state index contributed by atoms with van der Waals surface area (Å²) in [6.07, 6.45) is 10.3. The minimum Gasteiger partial charge on any atom is -0.510 e. The maximum Gasteiger partial charge on any atom is 3.00 e. The number of rotatable bonds is 4. The van der Waals surface area contributed by atoms with E-state index in [-0.39, 0.29) is 20.1 Å². The SMILES string of the molecule is CCc1cccc(CC)c1-c1cnc2c3[c-]ccc4c3c3c(cc5ccccc5c3n12)CC4.CN1C=CN(c2[c-]cccc2)[CH-]1.[Ir+3]. The van der Waals surface area contributed by atoms with E-state index in [4.69, 9.17) is 4.98 Å². The van der Waals surface area contributed by atoms with Gasteiger partial charge in [0.15, 0.2) is 0 Å². The number of fused-ring (bicyclic) bond motifs is 5. The number of aromatic nitrogens is 2. The van der Waals surface area contributed by atoms with Crippen LogP contribution in [0.25, 0.3) is 49.4 Å². The average Bonchev–Trinajstić information content (AvgIpc) is 3.74. The first kappa shape index (κ1) is 30.2. The second-order valence-corrected chi connectivity index (χ2v) is 11.9. The van der Waals surface area contributed by atoms with Gasteiger partial charge < -0.3 is 14.2 Å². The zero-order valence-electron chi connectivity index (χ0n) is 26.3. The molecule has 3 heterocycles. The van der Waals surface area contributed by atoms with E-state index in [2.05, 4.69) is 97.2 Å². The van der Waals surface area contributed by atoms with Gasteiger partial charge in [0.25, 0.3) is 0 Å². The first-order valence-electron chi connectivity index (χ1n) is 15.9. The van der Waals surface area contributed by atoms with Crippen molar-refractivity contribution in [3.8, 4) is 11.3 Å². The number of anilines is 1. The van der Waals surface area contributed by atoms with Crippen LogP contribution < -0.4 is 4.90 Å². The Morgan fingerprint density at radius 2 is 1.59 bits per heavy atom. The van der Waals surface area contributed by atoms with Gasteiger partial charge in [0.05, 0.1) is 11.3 Å². The van der Waals surface area contributed by atoms with Crippen molar-refractivity contribution in [2.75, 3.05) is 11.9 Å². The van der Waals surface area contributed by atoms with Gasteiger partial charge in [0.1, 0.15) is 0 Å². The third kappa shape index (κ3) is 4.90. The van der Waals surface area contributed by atoms with Crippen LogP contribution in [0.15, 0.2) is 104 Å². The van der Waals surface area contributed by atoms with Crippen LogP contribution in [0.5, 0.6) is 0 Å². The van der Waals surface area contributed by atoms with Crippen LogP contribution >= 0.6 is 0 Å². The molecule has 0 amide bonds. The Bertz CT molecular complexity index is 2230. The average molecular weight is 776 g/mol. The molecule has 46 heavy (non-hydrogen) atoms. The van der Waals surface area contributed by atoms with Gasteiger partial charge in [-0.3, -0.25) is 4.98 Å². The van der Waals surface area contributed by atoms with Gasteiger partial charge in [-0.05, 0) is 72.6 Å². The molecular weight excluding hydrogens is 741 g/mol. The third-order valence-electron chi connectivity index (χ3n) is 9.30. The van der Waals surface area contributed by atoms with Crippen molar-refractivity contribution in [1.29, 1.82) is 0 Å². The van der Waals surface area contributed by atoms with E-state index in [0.29, 0.717) is 0 Å². The van der Waals surface area contributed by atoms with Crippen molar-refractivity contribution in [3.05, 3.63) is 145 Å². The topological polar surface area (TPSA) is 23.8 Å². The van der Waals surface area contributed by atoms with Gasteiger partial charge in [0.2, 0.25) is 0 Å². The van der Waals surface area contributed by atoms with E-state index in [1.807, 2.05) is 60.2 Å². The number of hydrogen-bond donors (Lipinski definition) is 0. The number of benzene rings is 5. The van der Waals surface area contributed by atoms with Gasteiger partial charge in [-0.2, -0.15) is 37.0 Å². The zero-order chi connectivity index (χ0) is 30.5. The van der Waals surface area contributed by atoms with Crippen molar-refractivity contribution < 1.29 is 20.1 Å². The van der Waals surface area contributed by atoms with Crippen molar-refractivity contribution in [2.45, 2.75) is 39.5 Å². The molecule has 2 aliphatic rings. The molecule has 2 aromatic heterocycles. The molecular formula is C41H35IrN4. The normalized spacial score (nSPS) is 13.5. The minimum absolute atomic E-state index is 0. The summed E-state index contributed by atoms with van der Waals surface area (Å²) in [4.78, 5) is 9.09. The molecule has 0 atom stereocenters. The molecule has 0 radical (unpaired) electrons. The number of imidazole rings is 1. The fourth-order valence-corrected chi connectivity index (χ4v) is 7.21. The van der Waals surface area contributed by atoms with E-state index < -0.39 is 0 Å². The van der Waals surface area contributed by atoms with Crippen LogP contribution in [0, 0.1) is 18.8 Å². The molecule has 0 bridgehead atoms. The van der Waals surface area contributed by atoms with E-state index in [1.165, 1.54) is 60.6 Å². The maximum absolute atomic E-state index is 5.06. The van der Waals surface area contributed by atoms with Crippen LogP contribution in [0.4, 0.5) is 5.69 Å². The van der Waals surface area contributed by atoms with Crippen LogP contribution in [0.2, 0.25) is 0 Å². The molecule has 1 aliphatic heterocycles. The van der Waals surface area contributed by atoms with Crippen LogP contribution in [-0.4, -0.2) is 21.3 Å². The first-order chi connectivity index (χ1) is 22.2. The summed E-state index contributed by atoms with van der Waals surface area (Å²) in [5, 5.41) is 6.49. The summed E-state index contributed by atoms with van der Waals surface area (Å²) in [7, 11) is 2.00. The van der Waals surface area contributed by atoms with Crippen molar-refractivity contribution in [2.24, 2.45) is 0 Å². The van der Waals surface area contributed by atoms with Gasteiger partial charge in [-0.15, -0.1) is 29.4 Å². The number of para-hydroxylation sites is 1. The molecule has 4 nitrogen and oxygen atoms in total. The predicted molar refractivity (Wildman–Crippen MR) is 187 cm³/mol. The van der Waals surface area contributed by atoms with Gasteiger partial charge in [0, 0.05) is 22.7 Å². The summed E-state index contributed by atoms with van der Waals surface area (Å²) in [6.45, 7) is 6.51. The van der Waals surface area contributed by atoms with Crippen molar-refractivity contribution >= 4 is 43.8 Å². The Hall–Kier alpha value is -4.44. The molecule has 9 rings (SSSR count). The molecule has 0 saturated carbocycles. The molecule has 5 heteroatoms. The largest absolute Gasteiger partial charge is 3.00 e. The second kappa shape index (κ2) is 12.4. The van der Waals surface area contributed by atoms with Gasteiger partial charge in [-0.1, -0.05) is 73.2 Å². The summed E-state index contributed by atoms with van der Waals surface area (Å²) >= 11 is 0. The second-order valence-electron chi connectivity index (χ2n) is 11.9. The maximum atomic E-state index is 5.06. The van der Waals surface area contributed by atoms with Crippen molar-refractivity contribution in [1.82, 2.24) is 14.3 Å². The molecule has 1 aliphatic carbocycles. The molecule has 5 aromatic carbocycles. The number of nitrogens with zero attached hydrogens (tertiary/aromatic N) is 4. The van der Waals surface area contributed by atoms with Crippen LogP contribution in [-0.2, 0) is 45.8 Å². The molecule has 0 unspecified atom stereocenters.